The number of halogens is 1. The number of nitrogens with zero attached hydrogens (tertiary/aromatic N) is 1. The van der Waals surface area contributed by atoms with E-state index in [0.29, 0.717) is 11.1 Å². The molecule has 1 heterocycles. The van der Waals surface area contributed by atoms with Gasteiger partial charge in [0.1, 0.15) is 5.82 Å². The van der Waals surface area contributed by atoms with E-state index < -0.39 is 23.7 Å². The maximum atomic E-state index is 13.0. The number of esters is 3. The lowest BCUT2D eigenvalue weighted by atomic mass is 10.1. The maximum absolute atomic E-state index is 13.0. The molecule has 0 saturated carbocycles. The number of aliphatic imine (C=N–C) groups is 1. The van der Waals surface area contributed by atoms with E-state index in [1.165, 1.54) is 56.3 Å². The van der Waals surface area contributed by atoms with Crippen LogP contribution in [0.2, 0.25) is 0 Å². The van der Waals surface area contributed by atoms with E-state index in [1.807, 2.05) is 0 Å². The largest absolute Gasteiger partial charge is 0.423 e. The van der Waals surface area contributed by atoms with Gasteiger partial charge in [-0.3, -0.25) is 9.59 Å². The number of rotatable bonds is 4. The number of carbonyl (C=O) groups is 3. The van der Waals surface area contributed by atoms with Crippen LogP contribution in [0.4, 0.5) is 4.39 Å². The Morgan fingerprint density at radius 1 is 1.00 bits per heavy atom. The van der Waals surface area contributed by atoms with Gasteiger partial charge in [0.2, 0.25) is 5.90 Å². The first kappa shape index (κ1) is 19.0. The first-order valence-corrected chi connectivity index (χ1v) is 8.11. The minimum Gasteiger partial charge on any atom is -0.423 e. The molecule has 0 spiro atoms. The molecular weight excluding hydrogens is 369 g/mol. The smallest absolute Gasteiger partial charge is 0.363 e. The molecule has 1 aliphatic heterocycles. The van der Waals surface area contributed by atoms with Gasteiger partial charge in [-0.15, -0.1) is 0 Å². The zero-order valence-corrected chi connectivity index (χ0v) is 14.9. The molecule has 7 nitrogen and oxygen atoms in total. The van der Waals surface area contributed by atoms with Crippen LogP contribution in [0, 0.1) is 5.82 Å². The molecule has 28 heavy (non-hydrogen) atoms. The Bertz CT molecular complexity index is 1020. The second-order valence-electron chi connectivity index (χ2n) is 5.74. The summed E-state index contributed by atoms with van der Waals surface area (Å²) in [6, 6.07) is 9.74. The second kappa shape index (κ2) is 7.83. The molecule has 0 radical (unpaired) electrons. The van der Waals surface area contributed by atoms with Gasteiger partial charge >= 0.3 is 17.9 Å². The van der Waals surface area contributed by atoms with Crippen LogP contribution in [0.3, 0.4) is 0 Å². The number of cyclic esters (lactones) is 1. The van der Waals surface area contributed by atoms with Gasteiger partial charge in [-0.1, -0.05) is 6.07 Å². The molecule has 2 aromatic rings. The lowest BCUT2D eigenvalue weighted by molar-refractivity contribution is -0.134. The fourth-order valence-electron chi connectivity index (χ4n) is 2.37. The summed E-state index contributed by atoms with van der Waals surface area (Å²) in [7, 11) is 0. The van der Waals surface area contributed by atoms with Gasteiger partial charge in [0.25, 0.3) is 0 Å². The topological polar surface area (TPSA) is 91.3 Å². The van der Waals surface area contributed by atoms with Crippen LogP contribution in [0.25, 0.3) is 6.08 Å². The Labute approximate surface area is 159 Å². The molecular formula is C20H14FNO6. The van der Waals surface area contributed by atoms with E-state index in [0.717, 1.165) is 0 Å². The molecule has 2 aromatic carbocycles. The number of benzene rings is 2. The van der Waals surface area contributed by atoms with E-state index in [2.05, 4.69) is 4.99 Å². The maximum Gasteiger partial charge on any atom is 0.363 e. The highest BCUT2D eigenvalue weighted by atomic mass is 19.1. The summed E-state index contributed by atoms with van der Waals surface area (Å²) in [6.07, 6.45) is 1.42. The number of hydrogen-bond donors (Lipinski definition) is 0. The van der Waals surface area contributed by atoms with Crippen LogP contribution in [0.5, 0.6) is 11.5 Å². The van der Waals surface area contributed by atoms with Crippen molar-refractivity contribution in [1.29, 1.82) is 0 Å². The van der Waals surface area contributed by atoms with E-state index in [-0.39, 0.29) is 23.1 Å². The summed E-state index contributed by atoms with van der Waals surface area (Å²) < 4.78 is 28.2. The first-order chi connectivity index (χ1) is 13.3. The lowest BCUT2D eigenvalue weighted by Crippen LogP contribution is -2.07. The molecule has 1 aliphatic rings. The Morgan fingerprint density at radius 3 is 2.29 bits per heavy atom. The van der Waals surface area contributed by atoms with E-state index in [4.69, 9.17) is 14.2 Å². The zero-order valence-electron chi connectivity index (χ0n) is 14.9. The van der Waals surface area contributed by atoms with Gasteiger partial charge in [0.05, 0.1) is 0 Å². The van der Waals surface area contributed by atoms with Crippen LogP contribution in [0.15, 0.2) is 53.2 Å². The third-order valence-electron chi connectivity index (χ3n) is 3.49. The molecule has 0 amide bonds. The average Bonchev–Trinajstić information content (AvgIpc) is 2.97. The summed E-state index contributed by atoms with van der Waals surface area (Å²) in [6.45, 7) is 2.42. The fraction of sp³-hybridized carbons (Fsp3) is 0.100. The minimum absolute atomic E-state index is 0.00772. The van der Waals surface area contributed by atoms with Gasteiger partial charge in [-0.2, -0.15) is 0 Å². The number of ether oxygens (including phenoxy) is 3. The van der Waals surface area contributed by atoms with Gasteiger partial charge in [-0.25, -0.2) is 14.2 Å². The summed E-state index contributed by atoms with van der Waals surface area (Å²) in [5.41, 5.74) is 0.917. The molecule has 142 valence electrons. The SMILES string of the molecule is CC(=O)Oc1ccc(/C=C2\N=C(c3ccc(F)cc3)OC2=O)cc1OC(C)=O. The van der Waals surface area contributed by atoms with Crippen molar-refractivity contribution in [3.8, 4) is 11.5 Å². The van der Waals surface area contributed by atoms with Gasteiger partial charge in [0.15, 0.2) is 17.2 Å². The van der Waals surface area contributed by atoms with Crippen molar-refractivity contribution in [3.63, 3.8) is 0 Å². The van der Waals surface area contributed by atoms with Crippen LogP contribution in [-0.2, 0) is 19.1 Å². The van der Waals surface area contributed by atoms with E-state index in [9.17, 15) is 18.8 Å². The summed E-state index contributed by atoms with van der Waals surface area (Å²) in [4.78, 5) is 38.6. The predicted molar refractivity (Wildman–Crippen MR) is 96.1 cm³/mol. The van der Waals surface area contributed by atoms with Crippen molar-refractivity contribution in [2.45, 2.75) is 13.8 Å². The second-order valence-corrected chi connectivity index (χ2v) is 5.74. The van der Waals surface area contributed by atoms with Gasteiger partial charge < -0.3 is 14.2 Å². The van der Waals surface area contributed by atoms with E-state index in [1.54, 1.807) is 6.07 Å². The lowest BCUT2D eigenvalue weighted by Gasteiger charge is -2.09. The Hall–Kier alpha value is -3.81. The zero-order chi connectivity index (χ0) is 20.3. The van der Waals surface area contributed by atoms with Crippen molar-refractivity contribution < 1.29 is 33.0 Å². The third-order valence-corrected chi connectivity index (χ3v) is 3.49. The molecule has 0 bridgehead atoms. The van der Waals surface area contributed by atoms with Crippen LogP contribution < -0.4 is 9.47 Å². The van der Waals surface area contributed by atoms with Crippen LogP contribution >= 0.6 is 0 Å². The highest BCUT2D eigenvalue weighted by Crippen LogP contribution is 2.30. The highest BCUT2D eigenvalue weighted by Gasteiger charge is 2.24. The van der Waals surface area contributed by atoms with Crippen LogP contribution in [-0.4, -0.2) is 23.8 Å². The number of hydrogen-bond acceptors (Lipinski definition) is 7. The molecule has 0 unspecified atom stereocenters. The fourth-order valence-corrected chi connectivity index (χ4v) is 2.37. The highest BCUT2D eigenvalue weighted by molar-refractivity contribution is 6.12. The Morgan fingerprint density at radius 2 is 1.64 bits per heavy atom. The van der Waals surface area contributed by atoms with Crippen molar-refractivity contribution in [1.82, 2.24) is 0 Å². The standard InChI is InChI=1S/C20H14FNO6/c1-11(23)26-17-8-3-13(10-18(17)27-12(2)24)9-16-20(25)28-19(22-16)14-4-6-15(21)7-5-14/h3-10H,1-2H3/b16-9-. The normalized spacial score (nSPS) is 14.5. The quantitative estimate of drug-likeness (QED) is 0.458. The third kappa shape index (κ3) is 4.47. The molecule has 0 aromatic heterocycles. The average molecular weight is 383 g/mol. The monoisotopic (exact) mass is 383 g/mol. The first-order valence-electron chi connectivity index (χ1n) is 8.11. The molecule has 3 rings (SSSR count). The molecule has 0 aliphatic carbocycles. The molecule has 8 heteroatoms. The Balaban J connectivity index is 1.93. The number of carbonyl (C=O) groups excluding carboxylic acids is 3. The predicted octanol–water partition coefficient (Wildman–Crippen LogP) is 3.02. The Kier molecular flexibility index (Phi) is 5.30. The van der Waals surface area contributed by atoms with Crippen molar-refractivity contribution in [3.05, 3.63) is 65.1 Å². The van der Waals surface area contributed by atoms with Crippen molar-refractivity contribution in [2.75, 3.05) is 0 Å². The minimum atomic E-state index is -0.683. The summed E-state index contributed by atoms with van der Waals surface area (Å²) in [5.74, 6) is -2.15. The summed E-state index contributed by atoms with van der Waals surface area (Å²) in [5, 5.41) is 0. The van der Waals surface area contributed by atoms with Crippen molar-refractivity contribution >= 4 is 29.9 Å². The molecule has 0 fully saturated rings. The molecule has 0 atom stereocenters. The summed E-state index contributed by atoms with van der Waals surface area (Å²) >= 11 is 0. The molecule has 0 saturated heterocycles. The van der Waals surface area contributed by atoms with Gasteiger partial charge in [0, 0.05) is 19.4 Å². The van der Waals surface area contributed by atoms with E-state index >= 15 is 0 Å². The molecule has 0 N–H and O–H groups in total. The van der Waals surface area contributed by atoms with Crippen molar-refractivity contribution in [2.24, 2.45) is 4.99 Å². The van der Waals surface area contributed by atoms with Gasteiger partial charge in [-0.05, 0) is 48.0 Å². The van der Waals surface area contributed by atoms with Crippen LogP contribution in [0.1, 0.15) is 25.0 Å².